The number of nitrogens with one attached hydrogen (secondary N) is 1. The third-order valence-corrected chi connectivity index (χ3v) is 4.38. The van der Waals surface area contributed by atoms with Gasteiger partial charge < -0.3 is 19.9 Å². The maximum absolute atomic E-state index is 11.6. The van der Waals surface area contributed by atoms with Crippen LogP contribution < -0.4 is 5.32 Å². The van der Waals surface area contributed by atoms with Crippen LogP contribution in [0.1, 0.15) is 27.2 Å². The van der Waals surface area contributed by atoms with E-state index in [1.165, 1.54) is 0 Å². The van der Waals surface area contributed by atoms with Gasteiger partial charge in [0, 0.05) is 30.1 Å². The summed E-state index contributed by atoms with van der Waals surface area (Å²) in [6.45, 7) is 0.460. The number of aromatic carboxylic acids is 1. The molecule has 148 valence electrons. The van der Waals surface area contributed by atoms with Crippen LogP contribution in [0.15, 0.2) is 58.1 Å². The van der Waals surface area contributed by atoms with Crippen molar-refractivity contribution in [1.29, 1.82) is 0 Å². The average molecular weight is 412 g/mol. The van der Waals surface area contributed by atoms with Gasteiger partial charge >= 0.3 is 5.97 Å². The van der Waals surface area contributed by atoms with Crippen LogP contribution in [0.5, 0.6) is 5.75 Å². The Kier molecular flexibility index (Phi) is 5.99. The zero-order chi connectivity index (χ0) is 19.5. The number of pyridine rings is 1. The second kappa shape index (κ2) is 8.62. The van der Waals surface area contributed by atoms with E-state index in [4.69, 9.17) is 4.42 Å². The Morgan fingerprint density at radius 2 is 1.97 bits per heavy atom. The highest BCUT2D eigenvalue weighted by Gasteiger charge is 2.25. The number of carboxylic acid groups (broad SMARTS) is 1. The SMILES string of the molecule is Cl.O=C(O)c1c(NCCc2ccccc2)oc(C=C2C=Nc3ncccc32)c1O. The van der Waals surface area contributed by atoms with E-state index >= 15 is 0 Å². The monoisotopic (exact) mass is 411 g/mol. The first-order chi connectivity index (χ1) is 13.6. The summed E-state index contributed by atoms with van der Waals surface area (Å²) in [5.74, 6) is -1.05. The third kappa shape index (κ3) is 4.14. The average Bonchev–Trinajstić information content (AvgIpc) is 3.24. The van der Waals surface area contributed by atoms with E-state index in [1.807, 2.05) is 36.4 Å². The van der Waals surface area contributed by atoms with Gasteiger partial charge in [0.15, 0.2) is 22.9 Å². The van der Waals surface area contributed by atoms with Crippen molar-refractivity contribution < 1.29 is 19.4 Å². The molecule has 0 aliphatic carbocycles. The van der Waals surface area contributed by atoms with Crippen LogP contribution in [0.4, 0.5) is 11.7 Å². The minimum Gasteiger partial charge on any atom is -0.504 e. The molecule has 8 heteroatoms. The number of fused-ring (bicyclic) bond motifs is 1. The molecule has 1 aromatic carbocycles. The predicted molar refractivity (Wildman–Crippen MR) is 113 cm³/mol. The molecule has 1 aliphatic rings. The van der Waals surface area contributed by atoms with Crippen molar-refractivity contribution in [2.24, 2.45) is 4.99 Å². The van der Waals surface area contributed by atoms with Crippen molar-refractivity contribution in [3.63, 3.8) is 0 Å². The normalized spacial score (nSPS) is 13.2. The van der Waals surface area contributed by atoms with Crippen molar-refractivity contribution in [1.82, 2.24) is 4.98 Å². The number of hydrogen-bond donors (Lipinski definition) is 3. The van der Waals surface area contributed by atoms with Gasteiger partial charge in [-0.1, -0.05) is 30.3 Å². The maximum Gasteiger partial charge on any atom is 0.345 e. The van der Waals surface area contributed by atoms with Crippen LogP contribution in [0.2, 0.25) is 0 Å². The van der Waals surface area contributed by atoms with E-state index in [0.29, 0.717) is 24.4 Å². The van der Waals surface area contributed by atoms with E-state index in [0.717, 1.165) is 11.1 Å². The Morgan fingerprint density at radius 3 is 2.72 bits per heavy atom. The molecule has 0 spiro atoms. The Bertz CT molecular complexity index is 1090. The number of anilines is 1. The van der Waals surface area contributed by atoms with Gasteiger partial charge in [-0.15, -0.1) is 12.4 Å². The molecule has 0 amide bonds. The number of nitrogens with zero attached hydrogens (tertiary/aromatic N) is 2. The second-order valence-corrected chi connectivity index (χ2v) is 6.22. The third-order valence-electron chi connectivity index (χ3n) is 4.38. The molecule has 0 radical (unpaired) electrons. The molecule has 0 saturated heterocycles. The molecule has 0 fully saturated rings. The Morgan fingerprint density at radius 1 is 1.17 bits per heavy atom. The first-order valence-electron chi connectivity index (χ1n) is 8.71. The standard InChI is InChI=1S/C21H17N3O4.ClH/c25-18-16(11-14-12-24-19-15(14)7-4-9-22-19)28-20(17(18)21(26)27)23-10-8-13-5-2-1-3-6-13;/h1-7,9,11-12,23,25H,8,10H2,(H,26,27);1H. The van der Waals surface area contributed by atoms with E-state index in [2.05, 4.69) is 15.3 Å². The topological polar surface area (TPSA) is 108 Å². The highest BCUT2D eigenvalue weighted by atomic mass is 35.5. The number of rotatable bonds is 6. The van der Waals surface area contributed by atoms with E-state index in [9.17, 15) is 15.0 Å². The molecule has 0 bridgehead atoms. The highest BCUT2D eigenvalue weighted by molar-refractivity contribution is 6.21. The van der Waals surface area contributed by atoms with E-state index in [1.54, 1.807) is 24.6 Å². The molecule has 29 heavy (non-hydrogen) atoms. The quantitative estimate of drug-likeness (QED) is 0.554. The number of furan rings is 1. The number of aromatic hydroxyl groups is 1. The molecule has 7 nitrogen and oxygen atoms in total. The minimum absolute atomic E-state index is 0. The fourth-order valence-corrected chi connectivity index (χ4v) is 3.01. The summed E-state index contributed by atoms with van der Waals surface area (Å²) in [5, 5.41) is 22.8. The van der Waals surface area contributed by atoms with Crippen LogP contribution >= 0.6 is 12.4 Å². The molecule has 3 N–H and O–H groups in total. The number of halogens is 1. The number of carboxylic acids is 1. The summed E-state index contributed by atoms with van der Waals surface area (Å²) in [7, 11) is 0. The molecule has 0 unspecified atom stereocenters. The van der Waals surface area contributed by atoms with Crippen LogP contribution in [0.3, 0.4) is 0 Å². The summed E-state index contributed by atoms with van der Waals surface area (Å²) >= 11 is 0. The molecule has 3 heterocycles. The summed E-state index contributed by atoms with van der Waals surface area (Å²) in [5.41, 5.74) is 2.28. The largest absolute Gasteiger partial charge is 0.504 e. The summed E-state index contributed by atoms with van der Waals surface area (Å²) < 4.78 is 5.62. The molecular weight excluding hydrogens is 394 g/mol. The second-order valence-electron chi connectivity index (χ2n) is 6.22. The molecular formula is C21H18ClN3O4. The van der Waals surface area contributed by atoms with Gasteiger partial charge in [-0.05, 0) is 30.2 Å². The van der Waals surface area contributed by atoms with E-state index < -0.39 is 11.7 Å². The van der Waals surface area contributed by atoms with Crippen molar-refractivity contribution >= 4 is 47.9 Å². The maximum atomic E-state index is 11.6. The summed E-state index contributed by atoms with van der Waals surface area (Å²) in [6.07, 6.45) is 5.48. The molecule has 1 aliphatic heterocycles. The van der Waals surface area contributed by atoms with Crippen LogP contribution in [-0.2, 0) is 6.42 Å². The number of hydrogen-bond acceptors (Lipinski definition) is 6. The Hall–Kier alpha value is -3.58. The zero-order valence-electron chi connectivity index (χ0n) is 15.2. The number of aliphatic imine (C=N–C) groups is 1. The van der Waals surface area contributed by atoms with Crippen molar-refractivity contribution in [3.05, 3.63) is 71.1 Å². The molecule has 2 aromatic heterocycles. The lowest BCUT2D eigenvalue weighted by Crippen LogP contribution is -2.07. The number of carbonyl (C=O) groups is 1. The van der Waals surface area contributed by atoms with Gasteiger partial charge in [-0.2, -0.15) is 0 Å². The first kappa shape index (κ1) is 20.2. The Labute approximate surface area is 172 Å². The lowest BCUT2D eigenvalue weighted by molar-refractivity contribution is 0.0694. The van der Waals surface area contributed by atoms with Crippen LogP contribution in [0.25, 0.3) is 11.6 Å². The van der Waals surface area contributed by atoms with Crippen LogP contribution in [-0.4, -0.2) is 33.9 Å². The number of aromatic nitrogens is 1. The summed E-state index contributed by atoms with van der Waals surface area (Å²) in [6, 6.07) is 13.4. The fourth-order valence-electron chi connectivity index (χ4n) is 3.01. The zero-order valence-corrected chi connectivity index (χ0v) is 16.0. The van der Waals surface area contributed by atoms with Crippen molar-refractivity contribution in [2.45, 2.75) is 6.42 Å². The highest BCUT2D eigenvalue weighted by Crippen LogP contribution is 2.37. The molecule has 0 atom stereocenters. The van der Waals surface area contributed by atoms with Crippen LogP contribution in [0, 0.1) is 0 Å². The van der Waals surface area contributed by atoms with Gasteiger partial charge in [0.05, 0.1) is 0 Å². The lowest BCUT2D eigenvalue weighted by Gasteiger charge is -2.04. The first-order valence-corrected chi connectivity index (χ1v) is 8.71. The van der Waals surface area contributed by atoms with Gasteiger partial charge in [-0.3, -0.25) is 0 Å². The van der Waals surface area contributed by atoms with Gasteiger partial charge in [0.2, 0.25) is 5.88 Å². The van der Waals surface area contributed by atoms with Crippen molar-refractivity contribution in [2.75, 3.05) is 11.9 Å². The molecule has 3 aromatic rings. The molecule has 0 saturated carbocycles. The minimum atomic E-state index is -1.27. The summed E-state index contributed by atoms with van der Waals surface area (Å²) in [4.78, 5) is 20.0. The van der Waals surface area contributed by atoms with Gasteiger partial charge in [0.1, 0.15) is 0 Å². The lowest BCUT2D eigenvalue weighted by atomic mass is 10.1. The predicted octanol–water partition coefficient (Wildman–Crippen LogP) is 4.41. The fraction of sp³-hybridized carbons (Fsp3) is 0.0952. The number of allylic oxidation sites excluding steroid dienone is 1. The van der Waals surface area contributed by atoms with E-state index in [-0.39, 0.29) is 29.6 Å². The number of benzene rings is 1. The van der Waals surface area contributed by atoms with Gasteiger partial charge in [-0.25, -0.2) is 14.8 Å². The van der Waals surface area contributed by atoms with Gasteiger partial charge in [0.25, 0.3) is 0 Å². The molecule has 4 rings (SSSR count). The smallest absolute Gasteiger partial charge is 0.345 e. The van der Waals surface area contributed by atoms with Crippen molar-refractivity contribution in [3.8, 4) is 5.75 Å². The Balaban J connectivity index is 0.00000240.